The first-order valence-corrected chi connectivity index (χ1v) is 8.75. The van der Waals surface area contributed by atoms with Crippen molar-refractivity contribution in [3.05, 3.63) is 23.8 Å². The second-order valence-corrected chi connectivity index (χ2v) is 8.29. The molecule has 26 heavy (non-hydrogen) atoms. The number of carbonyl (C=O) groups is 3. The number of fused-ring (bicyclic) bond motifs is 3. The second-order valence-electron chi connectivity index (χ2n) is 8.29. The molecular weight excluding hydrogens is 340 g/mol. The lowest BCUT2D eigenvalue weighted by molar-refractivity contribution is -0.194. The van der Waals surface area contributed by atoms with Crippen molar-refractivity contribution in [2.45, 2.75) is 51.7 Å². The van der Waals surface area contributed by atoms with E-state index in [1.54, 1.807) is 6.08 Å². The minimum Gasteiger partial charge on any atom is -0.478 e. The highest BCUT2D eigenvalue weighted by atomic mass is 16.6. The molecule has 2 fully saturated rings. The molecule has 1 aliphatic heterocycles. The summed E-state index contributed by atoms with van der Waals surface area (Å²) < 4.78 is 10.7. The summed E-state index contributed by atoms with van der Waals surface area (Å²) in [5, 5.41) is 20.0. The van der Waals surface area contributed by atoms with E-state index in [2.05, 4.69) is 0 Å². The van der Waals surface area contributed by atoms with Gasteiger partial charge in [0.25, 0.3) is 0 Å². The van der Waals surface area contributed by atoms with Crippen molar-refractivity contribution < 1.29 is 34.1 Å². The fraction of sp³-hybridized carbons (Fsp3) is 0.632. The van der Waals surface area contributed by atoms with Crippen LogP contribution in [0.4, 0.5) is 0 Å². The Labute approximate surface area is 151 Å². The third kappa shape index (κ3) is 2.57. The molecule has 4 atom stereocenters. The molecule has 2 N–H and O–H groups in total. The van der Waals surface area contributed by atoms with Gasteiger partial charge in [0.1, 0.15) is 12.7 Å². The average Bonchev–Trinajstić information content (AvgIpc) is 2.82. The Morgan fingerprint density at radius 3 is 2.62 bits per heavy atom. The van der Waals surface area contributed by atoms with E-state index < -0.39 is 35.0 Å². The fourth-order valence-corrected chi connectivity index (χ4v) is 5.26. The number of esters is 2. The average molecular weight is 364 g/mol. The van der Waals surface area contributed by atoms with Crippen molar-refractivity contribution in [1.29, 1.82) is 0 Å². The lowest BCUT2D eigenvalue weighted by Gasteiger charge is -2.59. The van der Waals surface area contributed by atoms with Gasteiger partial charge in [-0.15, -0.1) is 0 Å². The van der Waals surface area contributed by atoms with E-state index in [-0.39, 0.29) is 17.9 Å². The Morgan fingerprint density at radius 2 is 1.96 bits per heavy atom. The molecule has 3 aliphatic rings. The molecule has 0 amide bonds. The number of carbonyl (C=O) groups excluding carboxylic acids is 2. The lowest BCUT2D eigenvalue weighted by Crippen LogP contribution is -2.65. The van der Waals surface area contributed by atoms with Gasteiger partial charge in [-0.05, 0) is 24.3 Å². The van der Waals surface area contributed by atoms with Crippen LogP contribution < -0.4 is 0 Å². The van der Waals surface area contributed by atoms with E-state index in [1.165, 1.54) is 0 Å². The third-order valence-corrected chi connectivity index (χ3v) is 6.30. The predicted molar refractivity (Wildman–Crippen MR) is 89.9 cm³/mol. The Balaban J connectivity index is 2.04. The van der Waals surface area contributed by atoms with Gasteiger partial charge in [-0.1, -0.05) is 27.2 Å². The molecular formula is C19H24O7. The molecule has 1 saturated heterocycles. The van der Waals surface area contributed by atoms with E-state index in [1.807, 2.05) is 20.8 Å². The van der Waals surface area contributed by atoms with Crippen LogP contribution in [0.2, 0.25) is 0 Å². The van der Waals surface area contributed by atoms with Gasteiger partial charge in [-0.2, -0.15) is 0 Å². The zero-order chi connectivity index (χ0) is 19.3. The number of aliphatic hydroxyl groups is 1. The Bertz CT molecular complexity index is 719. The monoisotopic (exact) mass is 364 g/mol. The van der Waals surface area contributed by atoms with Crippen LogP contribution in [0.15, 0.2) is 23.8 Å². The number of hydrogen-bond donors (Lipinski definition) is 2. The predicted octanol–water partition coefficient (Wildman–Crippen LogP) is 1.60. The van der Waals surface area contributed by atoms with E-state index in [9.17, 15) is 19.5 Å². The second kappa shape index (κ2) is 5.94. The van der Waals surface area contributed by atoms with Crippen molar-refractivity contribution in [2.24, 2.45) is 16.7 Å². The first-order chi connectivity index (χ1) is 12.0. The fourth-order valence-electron chi connectivity index (χ4n) is 5.26. The summed E-state index contributed by atoms with van der Waals surface area (Å²) in [5.74, 6) is -2.97. The highest BCUT2D eigenvalue weighted by Gasteiger charge is 2.69. The minimum absolute atomic E-state index is 0.0307. The lowest BCUT2D eigenvalue weighted by atomic mass is 9.46. The summed E-state index contributed by atoms with van der Waals surface area (Å²) in [6, 6.07) is 0. The van der Waals surface area contributed by atoms with Gasteiger partial charge in [0.2, 0.25) is 0 Å². The number of ether oxygens (including phenoxy) is 2. The molecule has 0 aromatic carbocycles. The third-order valence-electron chi connectivity index (χ3n) is 6.30. The quantitative estimate of drug-likeness (QED) is 0.444. The standard InChI is InChI=1S/C19H24O7/c1-17(2)7-4-8-18(3)15(17)12(26-14(22)6-5-13(20)21)9-11-10-25-16(23)19(11,18)24/h5-6,9,12,15,24H,4,7-8,10H2,1-3H3,(H,20,21)/b6-5+. The smallest absolute Gasteiger partial charge is 0.343 e. The Kier molecular flexibility index (Phi) is 4.26. The first kappa shape index (κ1) is 18.6. The summed E-state index contributed by atoms with van der Waals surface area (Å²) in [6.45, 7) is 5.89. The minimum atomic E-state index is -1.71. The molecule has 0 aromatic rings. The Hall–Kier alpha value is -2.15. The molecule has 7 heteroatoms. The molecule has 1 heterocycles. The van der Waals surface area contributed by atoms with Crippen LogP contribution in [-0.2, 0) is 23.9 Å². The van der Waals surface area contributed by atoms with Crippen LogP contribution >= 0.6 is 0 Å². The van der Waals surface area contributed by atoms with Crippen molar-refractivity contribution in [1.82, 2.24) is 0 Å². The maximum Gasteiger partial charge on any atom is 0.343 e. The van der Waals surface area contributed by atoms with Crippen LogP contribution in [0.3, 0.4) is 0 Å². The molecule has 3 rings (SSSR count). The van der Waals surface area contributed by atoms with Crippen molar-refractivity contribution in [3.8, 4) is 0 Å². The molecule has 2 aliphatic carbocycles. The van der Waals surface area contributed by atoms with Crippen LogP contribution in [0.25, 0.3) is 0 Å². The summed E-state index contributed by atoms with van der Waals surface area (Å²) >= 11 is 0. The topological polar surface area (TPSA) is 110 Å². The number of carboxylic acid groups (broad SMARTS) is 1. The largest absolute Gasteiger partial charge is 0.478 e. The van der Waals surface area contributed by atoms with Gasteiger partial charge in [0.15, 0.2) is 5.60 Å². The van der Waals surface area contributed by atoms with Crippen LogP contribution in [-0.4, -0.2) is 46.4 Å². The molecule has 142 valence electrons. The number of aliphatic carboxylic acids is 1. The molecule has 0 aromatic heterocycles. The molecule has 1 saturated carbocycles. The molecule has 0 radical (unpaired) electrons. The number of carboxylic acids is 1. The zero-order valence-corrected chi connectivity index (χ0v) is 15.2. The van der Waals surface area contributed by atoms with Crippen LogP contribution in [0.5, 0.6) is 0 Å². The highest BCUT2D eigenvalue weighted by molar-refractivity contribution is 5.91. The number of cyclic esters (lactones) is 1. The molecule has 4 unspecified atom stereocenters. The summed E-state index contributed by atoms with van der Waals surface area (Å²) in [7, 11) is 0. The maximum absolute atomic E-state index is 12.4. The van der Waals surface area contributed by atoms with Crippen LogP contribution in [0.1, 0.15) is 40.0 Å². The van der Waals surface area contributed by atoms with Gasteiger partial charge < -0.3 is 19.7 Å². The van der Waals surface area contributed by atoms with Gasteiger partial charge >= 0.3 is 17.9 Å². The van der Waals surface area contributed by atoms with Crippen molar-refractivity contribution in [3.63, 3.8) is 0 Å². The van der Waals surface area contributed by atoms with Crippen molar-refractivity contribution in [2.75, 3.05) is 6.61 Å². The summed E-state index contributed by atoms with van der Waals surface area (Å²) in [4.78, 5) is 35.1. The summed E-state index contributed by atoms with van der Waals surface area (Å²) in [6.07, 6.45) is 4.82. The zero-order valence-electron chi connectivity index (χ0n) is 15.2. The number of rotatable bonds is 3. The molecule has 0 bridgehead atoms. The Morgan fingerprint density at radius 1 is 1.27 bits per heavy atom. The van der Waals surface area contributed by atoms with E-state index >= 15 is 0 Å². The highest BCUT2D eigenvalue weighted by Crippen LogP contribution is 2.63. The van der Waals surface area contributed by atoms with Gasteiger partial charge in [0, 0.05) is 29.1 Å². The van der Waals surface area contributed by atoms with E-state index in [4.69, 9.17) is 14.6 Å². The van der Waals surface area contributed by atoms with Crippen molar-refractivity contribution >= 4 is 17.9 Å². The van der Waals surface area contributed by atoms with E-state index in [0.717, 1.165) is 25.0 Å². The SMILES string of the molecule is CC1(C)CCCC2(C)C1C(OC(=O)/C=C/C(=O)O)C=C1COC(=O)C12O. The van der Waals surface area contributed by atoms with Gasteiger partial charge in [-0.3, -0.25) is 0 Å². The molecule has 0 spiro atoms. The van der Waals surface area contributed by atoms with Gasteiger partial charge in [-0.25, -0.2) is 14.4 Å². The van der Waals surface area contributed by atoms with E-state index in [0.29, 0.717) is 12.0 Å². The first-order valence-electron chi connectivity index (χ1n) is 8.75. The number of hydrogen-bond acceptors (Lipinski definition) is 6. The normalized spacial score (nSPS) is 38.2. The summed E-state index contributed by atoms with van der Waals surface area (Å²) in [5.41, 5.74) is -2.43. The molecule has 7 nitrogen and oxygen atoms in total. The van der Waals surface area contributed by atoms with Gasteiger partial charge in [0.05, 0.1) is 0 Å². The van der Waals surface area contributed by atoms with Crippen LogP contribution in [0, 0.1) is 16.7 Å². The maximum atomic E-state index is 12.4.